The molecule has 1 amide bonds. The zero-order valence-electron chi connectivity index (χ0n) is 8.38. The molecule has 0 fully saturated rings. The number of nitrogens with one attached hydrogen (secondary N) is 1. The lowest BCUT2D eigenvalue weighted by Crippen LogP contribution is -2.25. The second-order valence-electron chi connectivity index (χ2n) is 3.56. The van der Waals surface area contributed by atoms with Gasteiger partial charge in [0.15, 0.2) is 0 Å². The third-order valence-corrected chi connectivity index (χ3v) is 2.82. The van der Waals surface area contributed by atoms with Crippen molar-refractivity contribution in [3.8, 4) is 0 Å². The van der Waals surface area contributed by atoms with Gasteiger partial charge in [0.1, 0.15) is 0 Å². The molecule has 1 heterocycles. The maximum absolute atomic E-state index is 10.9. The fourth-order valence-electron chi connectivity index (χ4n) is 1.45. The Hall–Kier alpha value is -1.35. The SMILES string of the molecule is Cc1ccc(C2=NNC(=O)CC2)cc1Cl. The van der Waals surface area contributed by atoms with E-state index in [-0.39, 0.29) is 5.91 Å². The molecule has 0 spiro atoms. The Bertz CT molecular complexity index is 440. The molecule has 2 rings (SSSR count). The lowest BCUT2D eigenvalue weighted by atomic mass is 10.0. The van der Waals surface area contributed by atoms with Gasteiger partial charge in [0.25, 0.3) is 0 Å². The molecule has 0 unspecified atom stereocenters. The van der Waals surface area contributed by atoms with Crippen molar-refractivity contribution in [1.82, 2.24) is 5.43 Å². The highest BCUT2D eigenvalue weighted by Crippen LogP contribution is 2.19. The van der Waals surface area contributed by atoms with Crippen LogP contribution in [0.15, 0.2) is 23.3 Å². The topological polar surface area (TPSA) is 41.5 Å². The zero-order chi connectivity index (χ0) is 10.8. The Morgan fingerprint density at radius 1 is 1.40 bits per heavy atom. The van der Waals surface area contributed by atoms with Crippen LogP contribution in [0, 0.1) is 6.92 Å². The van der Waals surface area contributed by atoms with Crippen molar-refractivity contribution in [3.05, 3.63) is 34.3 Å². The van der Waals surface area contributed by atoms with Gasteiger partial charge in [-0.1, -0.05) is 23.7 Å². The lowest BCUT2D eigenvalue weighted by molar-refractivity contribution is -0.121. The van der Waals surface area contributed by atoms with Gasteiger partial charge in [0.05, 0.1) is 5.71 Å². The summed E-state index contributed by atoms with van der Waals surface area (Å²) >= 11 is 6.02. The number of hydrazone groups is 1. The number of hydrogen-bond acceptors (Lipinski definition) is 2. The van der Waals surface area contributed by atoms with Crippen LogP contribution >= 0.6 is 11.6 Å². The van der Waals surface area contributed by atoms with Crippen LogP contribution in [0.2, 0.25) is 5.02 Å². The van der Waals surface area contributed by atoms with E-state index < -0.39 is 0 Å². The monoisotopic (exact) mass is 222 g/mol. The van der Waals surface area contributed by atoms with E-state index in [9.17, 15) is 4.79 Å². The molecule has 0 saturated carbocycles. The maximum atomic E-state index is 10.9. The molecule has 1 aromatic carbocycles. The van der Waals surface area contributed by atoms with Crippen LogP contribution in [-0.2, 0) is 4.79 Å². The van der Waals surface area contributed by atoms with Gasteiger partial charge in [-0.3, -0.25) is 4.79 Å². The molecule has 4 heteroatoms. The van der Waals surface area contributed by atoms with E-state index in [0.717, 1.165) is 21.9 Å². The number of halogens is 1. The molecule has 1 aliphatic heterocycles. The Morgan fingerprint density at radius 2 is 2.20 bits per heavy atom. The van der Waals surface area contributed by atoms with Crippen molar-refractivity contribution in [3.63, 3.8) is 0 Å². The predicted molar refractivity (Wildman–Crippen MR) is 60.1 cm³/mol. The van der Waals surface area contributed by atoms with Gasteiger partial charge < -0.3 is 0 Å². The van der Waals surface area contributed by atoms with Crippen LogP contribution in [0.4, 0.5) is 0 Å². The molecule has 78 valence electrons. The number of carbonyl (C=O) groups is 1. The summed E-state index contributed by atoms with van der Waals surface area (Å²) in [6.07, 6.45) is 1.16. The smallest absolute Gasteiger partial charge is 0.240 e. The lowest BCUT2D eigenvalue weighted by Gasteiger charge is -2.12. The Morgan fingerprint density at radius 3 is 2.80 bits per heavy atom. The number of hydrogen-bond donors (Lipinski definition) is 1. The summed E-state index contributed by atoms with van der Waals surface area (Å²) in [5.41, 5.74) is 5.38. The van der Waals surface area contributed by atoms with E-state index in [1.165, 1.54) is 0 Å². The van der Waals surface area contributed by atoms with Crippen molar-refractivity contribution in [1.29, 1.82) is 0 Å². The van der Waals surface area contributed by atoms with Crippen LogP contribution in [0.5, 0.6) is 0 Å². The number of rotatable bonds is 1. The van der Waals surface area contributed by atoms with Gasteiger partial charge in [-0.15, -0.1) is 0 Å². The minimum atomic E-state index is -0.0306. The van der Waals surface area contributed by atoms with Gasteiger partial charge in [0, 0.05) is 17.9 Å². The minimum absolute atomic E-state index is 0.0306. The molecule has 3 nitrogen and oxygen atoms in total. The van der Waals surface area contributed by atoms with Crippen molar-refractivity contribution in [2.45, 2.75) is 19.8 Å². The van der Waals surface area contributed by atoms with Gasteiger partial charge >= 0.3 is 0 Å². The quantitative estimate of drug-likeness (QED) is 0.778. The molecule has 1 aliphatic rings. The molecule has 0 saturated heterocycles. The minimum Gasteiger partial charge on any atom is -0.273 e. The summed E-state index contributed by atoms with van der Waals surface area (Å²) in [7, 11) is 0. The zero-order valence-corrected chi connectivity index (χ0v) is 9.14. The highest BCUT2D eigenvalue weighted by Gasteiger charge is 2.13. The second kappa shape index (κ2) is 4.03. The highest BCUT2D eigenvalue weighted by atomic mass is 35.5. The van der Waals surface area contributed by atoms with E-state index >= 15 is 0 Å². The van der Waals surface area contributed by atoms with Crippen LogP contribution in [0.3, 0.4) is 0 Å². The molecule has 0 atom stereocenters. The average Bonchev–Trinajstić information content (AvgIpc) is 2.23. The molecule has 0 radical (unpaired) electrons. The molecule has 1 N–H and O–H groups in total. The Kier molecular flexibility index (Phi) is 2.73. The van der Waals surface area contributed by atoms with Crippen LogP contribution in [-0.4, -0.2) is 11.6 Å². The van der Waals surface area contributed by atoms with Crippen molar-refractivity contribution in [2.75, 3.05) is 0 Å². The van der Waals surface area contributed by atoms with E-state index in [1.54, 1.807) is 0 Å². The molecule has 0 aliphatic carbocycles. The van der Waals surface area contributed by atoms with Crippen molar-refractivity contribution in [2.24, 2.45) is 5.10 Å². The molecule has 0 bridgehead atoms. The Labute approximate surface area is 93.1 Å². The van der Waals surface area contributed by atoms with E-state index in [2.05, 4.69) is 10.5 Å². The second-order valence-corrected chi connectivity index (χ2v) is 3.96. The van der Waals surface area contributed by atoms with Crippen LogP contribution < -0.4 is 5.43 Å². The number of carbonyl (C=O) groups excluding carboxylic acids is 1. The maximum Gasteiger partial charge on any atom is 0.240 e. The number of benzene rings is 1. The van der Waals surface area contributed by atoms with E-state index in [0.29, 0.717) is 12.8 Å². The summed E-state index contributed by atoms with van der Waals surface area (Å²) in [5.74, 6) is -0.0306. The Balaban J connectivity index is 2.30. The molecular formula is C11H11ClN2O. The summed E-state index contributed by atoms with van der Waals surface area (Å²) in [4.78, 5) is 10.9. The first-order valence-corrected chi connectivity index (χ1v) is 5.16. The largest absolute Gasteiger partial charge is 0.273 e. The summed E-state index contributed by atoms with van der Waals surface area (Å²) in [6.45, 7) is 1.95. The third kappa shape index (κ3) is 2.18. The summed E-state index contributed by atoms with van der Waals surface area (Å²) in [5, 5.41) is 4.74. The fourth-order valence-corrected chi connectivity index (χ4v) is 1.64. The summed E-state index contributed by atoms with van der Waals surface area (Å²) in [6, 6.07) is 5.81. The number of nitrogens with zero attached hydrogens (tertiary/aromatic N) is 1. The molecule has 15 heavy (non-hydrogen) atoms. The van der Waals surface area contributed by atoms with Crippen LogP contribution in [0.1, 0.15) is 24.0 Å². The number of amides is 1. The summed E-state index contributed by atoms with van der Waals surface area (Å²) < 4.78 is 0. The van der Waals surface area contributed by atoms with E-state index in [4.69, 9.17) is 11.6 Å². The number of aryl methyl sites for hydroxylation is 1. The van der Waals surface area contributed by atoms with Crippen LogP contribution in [0.25, 0.3) is 0 Å². The standard InChI is InChI=1S/C11H11ClN2O/c1-7-2-3-8(6-9(7)12)10-4-5-11(15)14-13-10/h2-3,6H,4-5H2,1H3,(H,14,15). The average molecular weight is 223 g/mol. The molecular weight excluding hydrogens is 212 g/mol. The molecule has 1 aromatic rings. The van der Waals surface area contributed by atoms with Gasteiger partial charge in [0.2, 0.25) is 5.91 Å². The first-order chi connectivity index (χ1) is 7.16. The normalized spacial score (nSPS) is 15.9. The highest BCUT2D eigenvalue weighted by molar-refractivity contribution is 6.31. The van der Waals surface area contributed by atoms with E-state index in [1.807, 2.05) is 25.1 Å². The van der Waals surface area contributed by atoms with Gasteiger partial charge in [-0.2, -0.15) is 5.10 Å². The fraction of sp³-hybridized carbons (Fsp3) is 0.273. The van der Waals surface area contributed by atoms with Gasteiger partial charge in [-0.05, 0) is 24.1 Å². The van der Waals surface area contributed by atoms with Gasteiger partial charge in [-0.25, -0.2) is 5.43 Å². The third-order valence-electron chi connectivity index (χ3n) is 2.41. The first-order valence-electron chi connectivity index (χ1n) is 4.79. The molecule has 0 aromatic heterocycles. The first kappa shape index (κ1) is 10.2. The predicted octanol–water partition coefficient (Wildman–Crippen LogP) is 2.26. The van der Waals surface area contributed by atoms with Crippen molar-refractivity contribution < 1.29 is 4.79 Å². The van der Waals surface area contributed by atoms with Crippen molar-refractivity contribution >= 4 is 23.2 Å².